The van der Waals surface area contributed by atoms with Crippen LogP contribution in [-0.4, -0.2) is 44.0 Å². The van der Waals surface area contributed by atoms with Crippen LogP contribution in [0.15, 0.2) is 54.6 Å². The molecule has 3 aromatic rings. The quantitative estimate of drug-likeness (QED) is 0.409. The Bertz CT molecular complexity index is 1410. The van der Waals surface area contributed by atoms with Crippen molar-refractivity contribution in [3.05, 3.63) is 105 Å². The summed E-state index contributed by atoms with van der Waals surface area (Å²) in [7, 11) is 0. The second kappa shape index (κ2) is 10.3. The van der Waals surface area contributed by atoms with E-state index in [-0.39, 0.29) is 18.2 Å². The van der Waals surface area contributed by atoms with E-state index in [0.717, 1.165) is 52.8 Å². The highest BCUT2D eigenvalue weighted by Crippen LogP contribution is 2.37. The van der Waals surface area contributed by atoms with Gasteiger partial charge in [-0.3, -0.25) is 4.79 Å². The lowest BCUT2D eigenvalue weighted by Gasteiger charge is -2.36. The van der Waals surface area contributed by atoms with E-state index in [2.05, 4.69) is 0 Å². The Morgan fingerprint density at radius 1 is 0.784 bits per heavy atom. The van der Waals surface area contributed by atoms with Gasteiger partial charge in [-0.1, -0.05) is 53.6 Å². The molecule has 0 aliphatic heterocycles. The zero-order chi connectivity index (χ0) is 26.9. The summed E-state index contributed by atoms with van der Waals surface area (Å²) in [5, 5.41) is 28.9. The Labute approximate surface area is 213 Å². The third-order valence-corrected chi connectivity index (χ3v) is 6.69. The lowest BCUT2D eigenvalue weighted by Crippen LogP contribution is -2.37. The second-order valence-corrected chi connectivity index (χ2v) is 9.39. The number of nitrogens with zero attached hydrogens (tertiary/aromatic N) is 1. The van der Waals surface area contributed by atoms with Gasteiger partial charge in [0.25, 0.3) is 5.91 Å². The van der Waals surface area contributed by atoms with Crippen LogP contribution in [0.5, 0.6) is 0 Å². The van der Waals surface area contributed by atoms with Gasteiger partial charge in [0.2, 0.25) is 0 Å². The van der Waals surface area contributed by atoms with Gasteiger partial charge in [0.15, 0.2) is 0 Å². The highest BCUT2D eigenvalue weighted by molar-refractivity contribution is 6.10. The summed E-state index contributed by atoms with van der Waals surface area (Å²) >= 11 is 0. The molecule has 0 aromatic heterocycles. The number of fused-ring (bicyclic) bond motifs is 1. The zero-order valence-corrected chi connectivity index (χ0v) is 20.5. The largest absolute Gasteiger partial charge is 0.478 e. The topological polar surface area (TPSA) is 132 Å². The lowest BCUT2D eigenvalue weighted by molar-refractivity contribution is 0.0611. The fourth-order valence-corrected chi connectivity index (χ4v) is 5.19. The second-order valence-electron chi connectivity index (χ2n) is 9.39. The van der Waals surface area contributed by atoms with Crippen LogP contribution in [0.1, 0.15) is 88.1 Å². The summed E-state index contributed by atoms with van der Waals surface area (Å²) in [6.07, 6.45) is 2.33. The van der Waals surface area contributed by atoms with Crippen molar-refractivity contribution in [2.24, 2.45) is 0 Å². The van der Waals surface area contributed by atoms with Gasteiger partial charge in [-0.25, -0.2) is 14.4 Å². The van der Waals surface area contributed by atoms with Gasteiger partial charge < -0.3 is 20.2 Å². The molecule has 1 aliphatic carbocycles. The molecular weight excluding hydrogens is 474 g/mol. The van der Waals surface area contributed by atoms with E-state index in [1.807, 2.05) is 56.3 Å². The van der Waals surface area contributed by atoms with Crippen molar-refractivity contribution in [2.45, 2.75) is 45.7 Å². The molecule has 8 nitrogen and oxygen atoms in total. The SMILES string of the molecule is Cc1cc(C)cc(CN(C(=O)c2cc(C(=O)O)c(C(=O)O)cc2C(=O)O)[C@H]2CCCc3ccccc32)c1. The first-order valence-corrected chi connectivity index (χ1v) is 11.9. The predicted octanol–water partition coefficient (Wildman–Crippen LogP) is 5.12. The number of hydrogen-bond acceptors (Lipinski definition) is 4. The van der Waals surface area contributed by atoms with Crippen LogP contribution in [0, 0.1) is 13.8 Å². The van der Waals surface area contributed by atoms with Crippen LogP contribution >= 0.6 is 0 Å². The summed E-state index contributed by atoms with van der Waals surface area (Å²) < 4.78 is 0. The first-order valence-electron chi connectivity index (χ1n) is 11.9. The molecule has 3 aromatic carbocycles. The van der Waals surface area contributed by atoms with Crippen molar-refractivity contribution >= 4 is 23.8 Å². The molecule has 0 radical (unpaired) electrons. The van der Waals surface area contributed by atoms with Gasteiger partial charge in [0.05, 0.1) is 28.3 Å². The van der Waals surface area contributed by atoms with Gasteiger partial charge >= 0.3 is 17.9 Å². The summed E-state index contributed by atoms with van der Waals surface area (Å²) in [5.74, 6) is -5.34. The standard InChI is InChI=1S/C29H27NO7/c1-16-10-17(2)12-18(11-16)15-30(25-9-5-7-19-6-3-4-8-20(19)25)26(31)21-13-23(28(34)35)24(29(36)37)14-22(21)27(32)33/h3-4,6,8,10-14,25H,5,7,9,15H2,1-2H3,(H,32,33)(H,34,35)(H,36,37)/t25-/m0/s1. The molecule has 8 heteroatoms. The maximum absolute atomic E-state index is 14.1. The smallest absolute Gasteiger partial charge is 0.336 e. The molecular formula is C29H27NO7. The molecule has 0 unspecified atom stereocenters. The first kappa shape index (κ1) is 25.6. The van der Waals surface area contributed by atoms with Gasteiger partial charge in [0, 0.05) is 6.54 Å². The number of rotatable bonds is 7. The van der Waals surface area contributed by atoms with E-state index in [1.54, 1.807) is 4.90 Å². The highest BCUT2D eigenvalue weighted by Gasteiger charge is 2.33. The maximum Gasteiger partial charge on any atom is 0.336 e. The molecule has 190 valence electrons. The lowest BCUT2D eigenvalue weighted by atomic mass is 9.86. The number of aromatic carboxylic acids is 3. The normalized spacial score (nSPS) is 14.5. The van der Waals surface area contributed by atoms with Crippen LogP contribution in [0.4, 0.5) is 0 Å². The predicted molar refractivity (Wildman–Crippen MR) is 135 cm³/mol. The molecule has 4 rings (SSSR count). The van der Waals surface area contributed by atoms with Gasteiger partial charge in [-0.2, -0.15) is 0 Å². The summed E-state index contributed by atoms with van der Waals surface area (Å²) in [6, 6.07) is 15.0. The van der Waals surface area contributed by atoms with Crippen molar-refractivity contribution in [2.75, 3.05) is 0 Å². The summed E-state index contributed by atoms with van der Waals surface area (Å²) in [5.41, 5.74) is 2.69. The average Bonchev–Trinajstić information content (AvgIpc) is 2.85. The fraction of sp³-hybridized carbons (Fsp3) is 0.241. The molecule has 0 saturated heterocycles. The van der Waals surface area contributed by atoms with Gasteiger partial charge in [-0.05, 0) is 61.9 Å². The molecule has 0 bridgehead atoms. The van der Waals surface area contributed by atoms with Crippen LogP contribution in [0.3, 0.4) is 0 Å². The van der Waals surface area contributed by atoms with Crippen molar-refractivity contribution < 1.29 is 34.5 Å². The minimum absolute atomic E-state index is 0.169. The monoisotopic (exact) mass is 501 g/mol. The van der Waals surface area contributed by atoms with E-state index in [1.165, 1.54) is 0 Å². The number of carbonyl (C=O) groups is 4. The van der Waals surface area contributed by atoms with Crippen molar-refractivity contribution in [1.29, 1.82) is 0 Å². The molecule has 0 saturated carbocycles. The zero-order valence-electron chi connectivity index (χ0n) is 20.5. The molecule has 37 heavy (non-hydrogen) atoms. The maximum atomic E-state index is 14.1. The summed E-state index contributed by atoms with van der Waals surface area (Å²) in [4.78, 5) is 51.3. The number of carboxylic acids is 3. The molecule has 1 atom stereocenters. The Hall–Kier alpha value is -4.46. The number of benzene rings is 3. The Balaban J connectivity index is 1.90. The first-order chi connectivity index (χ1) is 17.6. The Kier molecular flexibility index (Phi) is 7.11. The molecule has 0 heterocycles. The number of carboxylic acid groups (broad SMARTS) is 3. The van der Waals surface area contributed by atoms with Gasteiger partial charge in [0.1, 0.15) is 0 Å². The van der Waals surface area contributed by atoms with E-state index in [4.69, 9.17) is 0 Å². The molecule has 1 aliphatic rings. The fourth-order valence-electron chi connectivity index (χ4n) is 5.19. The van der Waals surface area contributed by atoms with E-state index in [9.17, 15) is 34.5 Å². The van der Waals surface area contributed by atoms with E-state index < -0.39 is 40.5 Å². The number of hydrogen-bond donors (Lipinski definition) is 3. The number of aryl methyl sites for hydroxylation is 3. The Morgan fingerprint density at radius 2 is 1.32 bits per heavy atom. The summed E-state index contributed by atoms with van der Waals surface area (Å²) in [6.45, 7) is 4.07. The average molecular weight is 502 g/mol. The third-order valence-electron chi connectivity index (χ3n) is 6.69. The molecule has 3 N–H and O–H groups in total. The molecule has 1 amide bonds. The number of amides is 1. The third kappa shape index (κ3) is 5.23. The number of carbonyl (C=O) groups excluding carboxylic acids is 1. The molecule has 0 spiro atoms. The minimum atomic E-state index is -1.59. The Morgan fingerprint density at radius 3 is 1.92 bits per heavy atom. The van der Waals surface area contributed by atoms with E-state index >= 15 is 0 Å². The van der Waals surface area contributed by atoms with Gasteiger partial charge in [-0.15, -0.1) is 0 Å². The van der Waals surface area contributed by atoms with Crippen molar-refractivity contribution in [3.63, 3.8) is 0 Å². The molecule has 0 fully saturated rings. The van der Waals surface area contributed by atoms with Crippen LogP contribution < -0.4 is 0 Å². The van der Waals surface area contributed by atoms with Crippen LogP contribution in [0.2, 0.25) is 0 Å². The van der Waals surface area contributed by atoms with Crippen LogP contribution in [0.25, 0.3) is 0 Å². The van der Waals surface area contributed by atoms with Crippen molar-refractivity contribution in [3.8, 4) is 0 Å². The minimum Gasteiger partial charge on any atom is -0.478 e. The van der Waals surface area contributed by atoms with E-state index in [0.29, 0.717) is 6.42 Å². The highest BCUT2D eigenvalue weighted by atomic mass is 16.4. The van der Waals surface area contributed by atoms with Crippen molar-refractivity contribution in [1.82, 2.24) is 4.90 Å². The van der Waals surface area contributed by atoms with Crippen LogP contribution in [-0.2, 0) is 13.0 Å².